The molecule has 3 aromatic heterocycles. The Kier molecular flexibility index (Phi) is 3.53. The number of nitrogens with zero attached hydrogens (tertiary/aromatic N) is 5. The van der Waals surface area contributed by atoms with Crippen molar-refractivity contribution in [3.63, 3.8) is 0 Å². The van der Waals surface area contributed by atoms with Gasteiger partial charge in [0, 0.05) is 37.3 Å². The molecule has 0 atom stereocenters. The van der Waals surface area contributed by atoms with Crippen LogP contribution < -0.4 is 0 Å². The minimum absolute atomic E-state index is 0.0736. The van der Waals surface area contributed by atoms with Gasteiger partial charge in [0.1, 0.15) is 5.69 Å². The molecule has 21 heavy (non-hydrogen) atoms. The highest BCUT2D eigenvalue weighted by Crippen LogP contribution is 2.21. The highest BCUT2D eigenvalue weighted by molar-refractivity contribution is 7.09. The van der Waals surface area contributed by atoms with E-state index in [-0.39, 0.29) is 5.69 Å². The van der Waals surface area contributed by atoms with E-state index in [9.17, 15) is 9.90 Å². The van der Waals surface area contributed by atoms with Gasteiger partial charge in [-0.15, -0.1) is 16.4 Å². The van der Waals surface area contributed by atoms with Crippen molar-refractivity contribution >= 4 is 17.3 Å². The van der Waals surface area contributed by atoms with Crippen LogP contribution in [-0.4, -0.2) is 35.6 Å². The maximum atomic E-state index is 11.3. The fourth-order valence-electron chi connectivity index (χ4n) is 2.10. The van der Waals surface area contributed by atoms with Crippen LogP contribution in [0.3, 0.4) is 0 Å². The number of rotatable bonds is 5. The Balaban J connectivity index is 1.97. The Hall–Kier alpha value is -2.48. The van der Waals surface area contributed by atoms with Gasteiger partial charge in [-0.1, -0.05) is 11.3 Å². The summed E-state index contributed by atoms with van der Waals surface area (Å²) in [6.07, 6.45) is 4.16. The number of carboxylic acid groups (broad SMARTS) is 1. The summed E-state index contributed by atoms with van der Waals surface area (Å²) >= 11 is 1.66. The van der Waals surface area contributed by atoms with Gasteiger partial charge >= 0.3 is 5.97 Å². The summed E-state index contributed by atoms with van der Waals surface area (Å²) in [4.78, 5) is 16.7. The van der Waals surface area contributed by atoms with Crippen LogP contribution >= 0.6 is 11.3 Å². The summed E-state index contributed by atoms with van der Waals surface area (Å²) in [6.45, 7) is 0.559. The summed E-state index contributed by atoms with van der Waals surface area (Å²) in [6, 6.07) is 4.03. The van der Waals surface area contributed by atoms with Gasteiger partial charge in [-0.25, -0.2) is 14.5 Å². The molecule has 0 saturated heterocycles. The summed E-state index contributed by atoms with van der Waals surface area (Å²) < 4.78 is 3.36. The number of aromatic nitrogens is 5. The first-order valence-electron chi connectivity index (χ1n) is 6.33. The predicted molar refractivity (Wildman–Crippen MR) is 77.2 cm³/mol. The second-order valence-corrected chi connectivity index (χ2v) is 5.54. The first-order chi connectivity index (χ1) is 10.2. The van der Waals surface area contributed by atoms with E-state index >= 15 is 0 Å². The molecule has 0 saturated carbocycles. The highest BCUT2D eigenvalue weighted by atomic mass is 32.1. The number of carbonyl (C=O) groups is 1. The molecule has 0 radical (unpaired) electrons. The number of imidazole rings is 1. The molecule has 0 unspecified atom stereocenters. The Bertz CT molecular complexity index is 759. The topological polar surface area (TPSA) is 85.8 Å². The molecule has 0 aliphatic rings. The van der Waals surface area contributed by atoms with E-state index in [1.807, 2.05) is 24.6 Å². The van der Waals surface area contributed by atoms with E-state index < -0.39 is 5.97 Å². The standard InChI is InChI=1S/C13H13N5O2S/c1-17-7-5-14-12(17)11-10(13(19)20)15-16-18(11)6-4-9-3-2-8-21-9/h2-3,5,7-8H,4,6H2,1H3,(H,19,20). The van der Waals surface area contributed by atoms with Crippen LogP contribution in [-0.2, 0) is 20.0 Å². The van der Waals surface area contributed by atoms with Crippen molar-refractivity contribution in [1.82, 2.24) is 24.5 Å². The van der Waals surface area contributed by atoms with Gasteiger partial charge in [0.05, 0.1) is 0 Å². The second kappa shape index (κ2) is 5.49. The number of aromatic carboxylic acids is 1. The van der Waals surface area contributed by atoms with Gasteiger partial charge in [0.25, 0.3) is 0 Å². The molecule has 3 aromatic rings. The SMILES string of the molecule is Cn1ccnc1-c1c(C(=O)O)nnn1CCc1cccs1. The smallest absolute Gasteiger partial charge is 0.358 e. The molecule has 3 heterocycles. The minimum atomic E-state index is -1.10. The van der Waals surface area contributed by atoms with Crippen LogP contribution in [0.25, 0.3) is 11.5 Å². The molecule has 0 bridgehead atoms. The lowest BCUT2D eigenvalue weighted by Gasteiger charge is -2.06. The van der Waals surface area contributed by atoms with Gasteiger partial charge in [0.15, 0.2) is 5.82 Å². The van der Waals surface area contributed by atoms with Gasteiger partial charge in [-0.2, -0.15) is 0 Å². The van der Waals surface area contributed by atoms with Crippen LogP contribution in [0.5, 0.6) is 0 Å². The fraction of sp³-hybridized carbons (Fsp3) is 0.231. The van der Waals surface area contributed by atoms with Crippen molar-refractivity contribution in [2.45, 2.75) is 13.0 Å². The van der Waals surface area contributed by atoms with E-state index in [1.165, 1.54) is 4.88 Å². The second-order valence-electron chi connectivity index (χ2n) is 4.51. The molecule has 108 valence electrons. The van der Waals surface area contributed by atoms with E-state index in [0.29, 0.717) is 18.1 Å². The normalized spacial score (nSPS) is 10.9. The molecule has 0 fully saturated rings. The van der Waals surface area contributed by atoms with Crippen molar-refractivity contribution in [1.29, 1.82) is 0 Å². The van der Waals surface area contributed by atoms with Crippen molar-refractivity contribution in [3.8, 4) is 11.5 Å². The molecule has 0 spiro atoms. The Morgan fingerprint density at radius 2 is 2.33 bits per heavy atom. The maximum absolute atomic E-state index is 11.3. The molecular formula is C13H13N5O2S. The quantitative estimate of drug-likeness (QED) is 0.775. The number of carboxylic acids is 1. The average molecular weight is 303 g/mol. The largest absolute Gasteiger partial charge is 0.476 e. The van der Waals surface area contributed by atoms with Crippen LogP contribution in [0.1, 0.15) is 15.4 Å². The number of aryl methyl sites for hydroxylation is 3. The third-order valence-corrected chi connectivity index (χ3v) is 4.06. The van der Waals surface area contributed by atoms with Crippen molar-refractivity contribution in [2.24, 2.45) is 7.05 Å². The molecule has 7 nitrogen and oxygen atoms in total. The zero-order chi connectivity index (χ0) is 14.8. The first-order valence-corrected chi connectivity index (χ1v) is 7.21. The van der Waals surface area contributed by atoms with Crippen molar-refractivity contribution in [2.75, 3.05) is 0 Å². The summed E-state index contributed by atoms with van der Waals surface area (Å²) in [5, 5.41) is 19.0. The molecule has 0 aliphatic carbocycles. The number of thiophene rings is 1. The van der Waals surface area contributed by atoms with Crippen LogP contribution in [0.4, 0.5) is 0 Å². The van der Waals surface area contributed by atoms with E-state index in [0.717, 1.165) is 6.42 Å². The van der Waals surface area contributed by atoms with Gasteiger partial charge < -0.3 is 9.67 Å². The Morgan fingerprint density at radius 1 is 1.48 bits per heavy atom. The molecule has 8 heteroatoms. The van der Waals surface area contributed by atoms with Gasteiger partial charge in [0.2, 0.25) is 5.69 Å². The summed E-state index contributed by atoms with van der Waals surface area (Å²) in [5.41, 5.74) is 0.363. The third kappa shape index (κ3) is 2.57. The lowest BCUT2D eigenvalue weighted by atomic mass is 10.3. The molecule has 0 amide bonds. The Labute approximate surface area is 124 Å². The van der Waals surface area contributed by atoms with Crippen molar-refractivity contribution in [3.05, 3.63) is 40.5 Å². The number of hydrogen-bond donors (Lipinski definition) is 1. The Morgan fingerprint density at radius 3 is 2.95 bits per heavy atom. The zero-order valence-electron chi connectivity index (χ0n) is 11.3. The predicted octanol–water partition coefficient (Wildman–Crippen LogP) is 1.68. The zero-order valence-corrected chi connectivity index (χ0v) is 12.1. The average Bonchev–Trinajstić information content (AvgIpc) is 3.15. The summed E-state index contributed by atoms with van der Waals surface area (Å²) in [5.74, 6) is -0.557. The van der Waals surface area contributed by atoms with Gasteiger partial charge in [-0.05, 0) is 11.4 Å². The molecule has 3 rings (SSSR count). The van der Waals surface area contributed by atoms with Crippen LogP contribution in [0.15, 0.2) is 29.9 Å². The third-order valence-electron chi connectivity index (χ3n) is 3.12. The minimum Gasteiger partial charge on any atom is -0.476 e. The van der Waals surface area contributed by atoms with E-state index in [2.05, 4.69) is 15.3 Å². The molecular weight excluding hydrogens is 290 g/mol. The van der Waals surface area contributed by atoms with Gasteiger partial charge in [-0.3, -0.25) is 0 Å². The lowest BCUT2D eigenvalue weighted by Crippen LogP contribution is -2.09. The van der Waals surface area contributed by atoms with Crippen LogP contribution in [0.2, 0.25) is 0 Å². The maximum Gasteiger partial charge on any atom is 0.358 e. The molecule has 1 N–H and O–H groups in total. The van der Waals surface area contributed by atoms with Crippen LogP contribution in [0, 0.1) is 0 Å². The monoisotopic (exact) mass is 303 g/mol. The van der Waals surface area contributed by atoms with E-state index in [4.69, 9.17) is 0 Å². The van der Waals surface area contributed by atoms with Crippen molar-refractivity contribution < 1.29 is 9.90 Å². The lowest BCUT2D eigenvalue weighted by molar-refractivity contribution is 0.0691. The highest BCUT2D eigenvalue weighted by Gasteiger charge is 2.23. The first kappa shape index (κ1) is 13.5. The number of hydrogen-bond acceptors (Lipinski definition) is 5. The summed E-state index contributed by atoms with van der Waals surface area (Å²) in [7, 11) is 1.81. The fourth-order valence-corrected chi connectivity index (χ4v) is 2.80. The van der Waals surface area contributed by atoms with E-state index in [1.54, 1.807) is 33.0 Å². The molecule has 0 aliphatic heterocycles. The molecule has 0 aromatic carbocycles.